The maximum atomic E-state index is 11.6. The Kier molecular flexibility index (Phi) is 15.1. The molecule has 0 bridgehead atoms. The van der Waals surface area contributed by atoms with E-state index in [0.29, 0.717) is 12.4 Å². The van der Waals surface area contributed by atoms with E-state index >= 15 is 0 Å². The van der Waals surface area contributed by atoms with Gasteiger partial charge in [0.1, 0.15) is 5.75 Å². The second kappa shape index (κ2) is 17.7. The van der Waals surface area contributed by atoms with E-state index in [9.17, 15) is 39.3 Å². The third-order valence-corrected chi connectivity index (χ3v) is 5.77. The summed E-state index contributed by atoms with van der Waals surface area (Å²) in [6, 6.07) is 6.30. The van der Waals surface area contributed by atoms with Gasteiger partial charge in [0, 0.05) is 38.8 Å². The van der Waals surface area contributed by atoms with E-state index in [1.165, 1.54) is 14.7 Å². The number of nitrogens with zero attached hydrogens (tertiary/aromatic N) is 3. The molecule has 0 saturated carbocycles. The van der Waals surface area contributed by atoms with Crippen LogP contribution in [-0.4, -0.2) is 135 Å². The SMILES string of the molecule is CCOc1ccc(CC(CC(=O)O)N(CCN(CCN(CCC(=O)O)CC(=O)O)CC(=O)O)CC(=O)O)cc1. The molecule has 1 unspecified atom stereocenters. The van der Waals surface area contributed by atoms with Crippen molar-refractivity contribution in [2.24, 2.45) is 0 Å². The number of hydrogen-bond donors (Lipinski definition) is 5. The Labute approximate surface area is 226 Å². The Morgan fingerprint density at radius 1 is 0.692 bits per heavy atom. The number of rotatable bonds is 22. The van der Waals surface area contributed by atoms with Gasteiger partial charge in [0.2, 0.25) is 0 Å². The van der Waals surface area contributed by atoms with Crippen LogP contribution in [0.4, 0.5) is 0 Å². The van der Waals surface area contributed by atoms with E-state index in [-0.39, 0.29) is 52.0 Å². The van der Waals surface area contributed by atoms with Gasteiger partial charge >= 0.3 is 29.8 Å². The van der Waals surface area contributed by atoms with Gasteiger partial charge in [-0.15, -0.1) is 0 Å². The van der Waals surface area contributed by atoms with Crippen molar-refractivity contribution in [1.29, 1.82) is 0 Å². The molecule has 0 saturated heterocycles. The minimum absolute atomic E-state index is 0.0304. The molecule has 0 spiro atoms. The Balaban J connectivity index is 3.02. The lowest BCUT2D eigenvalue weighted by Crippen LogP contribution is -2.47. The third-order valence-electron chi connectivity index (χ3n) is 5.77. The summed E-state index contributed by atoms with van der Waals surface area (Å²) in [5.41, 5.74) is 0.769. The van der Waals surface area contributed by atoms with E-state index in [0.717, 1.165) is 5.56 Å². The van der Waals surface area contributed by atoms with Crippen molar-refractivity contribution < 1.29 is 54.2 Å². The number of ether oxygens (including phenoxy) is 1. The summed E-state index contributed by atoms with van der Waals surface area (Å²) in [7, 11) is 0. The Bertz CT molecular complexity index is 955. The molecular weight excluding hydrogens is 518 g/mol. The molecule has 5 N–H and O–H groups in total. The van der Waals surface area contributed by atoms with Crippen LogP contribution in [0, 0.1) is 0 Å². The van der Waals surface area contributed by atoms with Crippen molar-refractivity contribution >= 4 is 29.8 Å². The number of carboxylic acid groups (broad SMARTS) is 5. The van der Waals surface area contributed by atoms with E-state index < -0.39 is 55.5 Å². The molecule has 218 valence electrons. The average molecular weight is 556 g/mol. The lowest BCUT2D eigenvalue weighted by atomic mass is 10.0. The first-order valence-corrected chi connectivity index (χ1v) is 12.4. The van der Waals surface area contributed by atoms with E-state index in [2.05, 4.69) is 0 Å². The van der Waals surface area contributed by atoms with Crippen LogP contribution in [0.2, 0.25) is 0 Å². The lowest BCUT2D eigenvalue weighted by Gasteiger charge is -2.32. The Morgan fingerprint density at radius 2 is 1.21 bits per heavy atom. The van der Waals surface area contributed by atoms with E-state index in [4.69, 9.17) is 14.9 Å². The van der Waals surface area contributed by atoms with Crippen molar-refractivity contribution in [3.8, 4) is 5.75 Å². The van der Waals surface area contributed by atoms with E-state index in [1.54, 1.807) is 24.3 Å². The van der Waals surface area contributed by atoms with Gasteiger partial charge in [-0.05, 0) is 31.0 Å². The van der Waals surface area contributed by atoms with Crippen LogP contribution in [-0.2, 0) is 30.4 Å². The second-order valence-corrected chi connectivity index (χ2v) is 8.88. The van der Waals surface area contributed by atoms with Gasteiger partial charge < -0.3 is 30.3 Å². The van der Waals surface area contributed by atoms with Crippen LogP contribution in [0.15, 0.2) is 24.3 Å². The molecule has 0 radical (unpaired) electrons. The number of carboxylic acids is 5. The molecule has 0 aliphatic rings. The normalized spacial score (nSPS) is 12.0. The van der Waals surface area contributed by atoms with Crippen LogP contribution in [0.25, 0.3) is 0 Å². The summed E-state index contributed by atoms with van der Waals surface area (Å²) in [5, 5.41) is 46.3. The zero-order chi connectivity index (χ0) is 29.4. The first-order valence-electron chi connectivity index (χ1n) is 12.4. The zero-order valence-electron chi connectivity index (χ0n) is 21.9. The maximum absolute atomic E-state index is 11.6. The minimum Gasteiger partial charge on any atom is -0.494 e. The van der Waals surface area contributed by atoms with Crippen LogP contribution >= 0.6 is 0 Å². The van der Waals surface area contributed by atoms with Crippen molar-refractivity contribution in [3.63, 3.8) is 0 Å². The summed E-state index contributed by atoms with van der Waals surface area (Å²) in [5.74, 6) is -5.08. The summed E-state index contributed by atoms with van der Waals surface area (Å²) < 4.78 is 5.41. The van der Waals surface area contributed by atoms with Crippen molar-refractivity contribution in [2.45, 2.75) is 32.2 Å². The highest BCUT2D eigenvalue weighted by molar-refractivity contribution is 5.71. The fraction of sp³-hybridized carbons (Fsp3) is 0.560. The molecule has 39 heavy (non-hydrogen) atoms. The standard InChI is InChI=1S/C25H37N3O11/c1-2-39-20-5-3-18(4-6-20)13-19(14-22(31)32)28(17-25(37)38)12-11-27(16-24(35)36)10-9-26(15-23(33)34)8-7-21(29)30/h3-6,19H,2,7-17H2,1H3,(H,29,30)(H,31,32)(H,33,34)(H,35,36)(H,37,38). The lowest BCUT2D eigenvalue weighted by molar-refractivity contribution is -0.143. The maximum Gasteiger partial charge on any atom is 0.317 e. The van der Waals surface area contributed by atoms with Crippen LogP contribution < -0.4 is 4.74 Å². The van der Waals surface area contributed by atoms with Gasteiger partial charge in [0.25, 0.3) is 0 Å². The number of benzene rings is 1. The van der Waals surface area contributed by atoms with Crippen LogP contribution in [0.3, 0.4) is 0 Å². The largest absolute Gasteiger partial charge is 0.494 e. The monoisotopic (exact) mass is 555 g/mol. The second-order valence-electron chi connectivity index (χ2n) is 8.88. The average Bonchev–Trinajstić information content (AvgIpc) is 2.82. The highest BCUT2D eigenvalue weighted by Crippen LogP contribution is 2.17. The fourth-order valence-corrected chi connectivity index (χ4v) is 3.99. The molecule has 1 rings (SSSR count). The first-order chi connectivity index (χ1) is 18.4. The van der Waals surface area contributed by atoms with Crippen molar-refractivity contribution in [3.05, 3.63) is 29.8 Å². The molecule has 14 nitrogen and oxygen atoms in total. The quantitative estimate of drug-likeness (QED) is 0.129. The summed E-state index contributed by atoms with van der Waals surface area (Å²) >= 11 is 0. The van der Waals surface area contributed by atoms with Gasteiger partial charge in [-0.1, -0.05) is 12.1 Å². The molecule has 1 atom stereocenters. The van der Waals surface area contributed by atoms with Crippen LogP contribution in [0.1, 0.15) is 25.3 Å². The summed E-state index contributed by atoms with van der Waals surface area (Å²) in [4.78, 5) is 61.0. The molecule has 1 aromatic carbocycles. The number of aliphatic carboxylic acids is 5. The third kappa shape index (κ3) is 15.3. The number of hydrogen-bond acceptors (Lipinski definition) is 9. The molecule has 0 aliphatic carbocycles. The van der Waals surface area contributed by atoms with Gasteiger partial charge in [-0.3, -0.25) is 38.7 Å². The topological polar surface area (TPSA) is 205 Å². The van der Waals surface area contributed by atoms with Crippen molar-refractivity contribution in [1.82, 2.24) is 14.7 Å². The molecule has 0 heterocycles. The predicted molar refractivity (Wildman–Crippen MR) is 137 cm³/mol. The van der Waals surface area contributed by atoms with Crippen molar-refractivity contribution in [2.75, 3.05) is 59.0 Å². The smallest absolute Gasteiger partial charge is 0.317 e. The first kappa shape index (κ1) is 33.3. The molecule has 0 aliphatic heterocycles. The Morgan fingerprint density at radius 3 is 1.67 bits per heavy atom. The van der Waals surface area contributed by atoms with Gasteiger partial charge in [0.05, 0.1) is 39.1 Å². The summed E-state index contributed by atoms with van der Waals surface area (Å²) in [6.45, 7) is 1.17. The fourth-order valence-electron chi connectivity index (χ4n) is 3.99. The zero-order valence-corrected chi connectivity index (χ0v) is 21.9. The highest BCUT2D eigenvalue weighted by atomic mass is 16.5. The molecule has 0 aromatic heterocycles. The van der Waals surface area contributed by atoms with Crippen LogP contribution in [0.5, 0.6) is 5.75 Å². The minimum atomic E-state index is -1.18. The van der Waals surface area contributed by atoms with Gasteiger partial charge in [-0.25, -0.2) is 0 Å². The summed E-state index contributed by atoms with van der Waals surface area (Å²) in [6.07, 6.45) is -0.408. The van der Waals surface area contributed by atoms with Gasteiger partial charge in [0.15, 0.2) is 0 Å². The molecule has 0 amide bonds. The van der Waals surface area contributed by atoms with Gasteiger partial charge in [-0.2, -0.15) is 0 Å². The molecule has 0 fully saturated rings. The molecule has 1 aromatic rings. The Hall–Kier alpha value is -3.75. The van der Waals surface area contributed by atoms with E-state index in [1.807, 2.05) is 6.92 Å². The predicted octanol–water partition coefficient (Wildman–Crippen LogP) is 0.106. The highest BCUT2D eigenvalue weighted by Gasteiger charge is 2.25. The number of carbonyl (C=O) groups is 5. The molecular formula is C25H37N3O11. The molecule has 14 heteroatoms.